The molecule has 2 aliphatic rings. The summed E-state index contributed by atoms with van der Waals surface area (Å²) in [6.45, 7) is 1.44. The highest BCUT2D eigenvalue weighted by molar-refractivity contribution is 5.83. The first-order valence-corrected chi connectivity index (χ1v) is 5.78. The minimum Gasteiger partial charge on any atom is -0.372 e. The number of hydrogen-bond donors (Lipinski definition) is 0. The monoisotopic (exact) mass is 217 g/mol. The number of carbonyl (C=O) groups is 1. The van der Waals surface area contributed by atoms with Crippen LogP contribution in [0.2, 0.25) is 0 Å². The maximum atomic E-state index is 11.2. The Balaban J connectivity index is 1.52. The van der Waals surface area contributed by atoms with E-state index in [1.54, 1.807) is 0 Å². The Hall–Kier alpha value is -1.35. The molecule has 84 valence electrons. The van der Waals surface area contributed by atoms with Crippen LogP contribution >= 0.6 is 0 Å². The van der Waals surface area contributed by atoms with E-state index >= 15 is 0 Å². The maximum Gasteiger partial charge on any atom is 0.224 e. The average Bonchev–Trinajstić information content (AvgIpc) is 2.65. The molecule has 1 aromatic carbocycles. The lowest BCUT2D eigenvalue weighted by Gasteiger charge is -2.33. The van der Waals surface area contributed by atoms with E-state index in [-0.39, 0.29) is 12.0 Å². The highest BCUT2D eigenvalue weighted by Crippen LogP contribution is 2.31. The number of carbonyl (C=O) groups excluding carboxylic acids is 1. The Bertz CT molecular complexity index is 390. The quantitative estimate of drug-likeness (QED) is 0.719. The van der Waals surface area contributed by atoms with E-state index in [1.165, 1.54) is 5.56 Å². The van der Waals surface area contributed by atoms with Crippen molar-refractivity contribution in [2.45, 2.75) is 31.6 Å². The molecule has 0 saturated carbocycles. The number of rotatable bonds is 3. The van der Waals surface area contributed by atoms with E-state index in [0.717, 1.165) is 19.4 Å². The number of β-lactam (4-membered cyclic amide) rings is 1. The van der Waals surface area contributed by atoms with Crippen molar-refractivity contribution >= 4 is 5.91 Å². The Morgan fingerprint density at radius 2 is 2.12 bits per heavy atom. The van der Waals surface area contributed by atoms with Gasteiger partial charge in [0.1, 0.15) is 0 Å². The summed E-state index contributed by atoms with van der Waals surface area (Å²) in [5.41, 5.74) is 1.20. The molecule has 2 saturated heterocycles. The van der Waals surface area contributed by atoms with Crippen LogP contribution in [-0.2, 0) is 16.1 Å². The fourth-order valence-corrected chi connectivity index (χ4v) is 2.49. The van der Waals surface area contributed by atoms with Gasteiger partial charge < -0.3 is 9.64 Å². The fraction of sp³-hybridized carbons (Fsp3) is 0.462. The second kappa shape index (κ2) is 3.91. The number of fused-ring (bicyclic) bond motifs is 1. The zero-order chi connectivity index (χ0) is 11.0. The molecule has 0 aliphatic carbocycles. The molecule has 2 atom stereocenters. The van der Waals surface area contributed by atoms with Crippen molar-refractivity contribution in [1.82, 2.24) is 4.90 Å². The van der Waals surface area contributed by atoms with Gasteiger partial charge in [-0.3, -0.25) is 4.79 Å². The minimum absolute atomic E-state index is 0.233. The van der Waals surface area contributed by atoms with Gasteiger partial charge in [0.05, 0.1) is 12.7 Å². The summed E-state index contributed by atoms with van der Waals surface area (Å²) in [4.78, 5) is 13.1. The molecule has 3 nitrogen and oxygen atoms in total. The van der Waals surface area contributed by atoms with Crippen LogP contribution < -0.4 is 0 Å². The average molecular weight is 217 g/mol. The first-order valence-electron chi connectivity index (χ1n) is 5.78. The Morgan fingerprint density at radius 3 is 2.81 bits per heavy atom. The van der Waals surface area contributed by atoms with Gasteiger partial charge >= 0.3 is 0 Å². The molecular weight excluding hydrogens is 202 g/mol. The Labute approximate surface area is 95.0 Å². The van der Waals surface area contributed by atoms with Crippen LogP contribution in [0.1, 0.15) is 18.4 Å². The zero-order valence-electron chi connectivity index (χ0n) is 9.13. The third-order valence-electron chi connectivity index (χ3n) is 3.44. The van der Waals surface area contributed by atoms with E-state index in [2.05, 4.69) is 12.1 Å². The molecule has 3 heteroatoms. The fourth-order valence-electron chi connectivity index (χ4n) is 2.49. The van der Waals surface area contributed by atoms with Gasteiger partial charge in [0.15, 0.2) is 0 Å². The highest BCUT2D eigenvalue weighted by Gasteiger charge is 2.44. The van der Waals surface area contributed by atoms with E-state index in [1.807, 2.05) is 23.1 Å². The van der Waals surface area contributed by atoms with E-state index < -0.39 is 0 Å². The zero-order valence-corrected chi connectivity index (χ0v) is 9.13. The summed E-state index contributed by atoms with van der Waals surface area (Å²) in [5, 5.41) is 0. The third-order valence-corrected chi connectivity index (χ3v) is 3.44. The van der Waals surface area contributed by atoms with Crippen LogP contribution in [0.5, 0.6) is 0 Å². The highest BCUT2D eigenvalue weighted by atomic mass is 16.5. The van der Waals surface area contributed by atoms with Crippen molar-refractivity contribution in [2.75, 3.05) is 6.54 Å². The van der Waals surface area contributed by atoms with Gasteiger partial charge in [-0.1, -0.05) is 30.3 Å². The van der Waals surface area contributed by atoms with Crippen molar-refractivity contribution in [3.8, 4) is 0 Å². The van der Waals surface area contributed by atoms with Gasteiger partial charge in [-0.15, -0.1) is 0 Å². The number of hydrogen-bond acceptors (Lipinski definition) is 2. The lowest BCUT2D eigenvalue weighted by molar-refractivity contribution is -0.142. The second-order valence-electron chi connectivity index (χ2n) is 4.56. The molecule has 0 spiro atoms. The van der Waals surface area contributed by atoms with Crippen molar-refractivity contribution in [2.24, 2.45) is 0 Å². The largest absolute Gasteiger partial charge is 0.372 e. The smallest absolute Gasteiger partial charge is 0.224 e. The molecule has 2 fully saturated rings. The number of benzene rings is 1. The van der Waals surface area contributed by atoms with Gasteiger partial charge in [-0.25, -0.2) is 0 Å². The van der Waals surface area contributed by atoms with Crippen LogP contribution in [0, 0.1) is 0 Å². The molecule has 0 N–H and O–H groups in total. The molecule has 0 aromatic heterocycles. The molecule has 3 rings (SSSR count). The third kappa shape index (κ3) is 1.71. The summed E-state index contributed by atoms with van der Waals surface area (Å²) in [6.07, 6.45) is 1.97. The molecule has 0 radical (unpaired) electrons. The van der Waals surface area contributed by atoms with Crippen LogP contribution in [0.25, 0.3) is 0 Å². The normalized spacial score (nSPS) is 27.8. The molecule has 2 heterocycles. The number of nitrogens with zero attached hydrogens (tertiary/aromatic N) is 1. The van der Waals surface area contributed by atoms with Crippen LogP contribution in [0.15, 0.2) is 30.3 Å². The summed E-state index contributed by atoms with van der Waals surface area (Å²) < 4.78 is 5.82. The van der Waals surface area contributed by atoms with Gasteiger partial charge in [-0.05, 0) is 12.0 Å². The predicted octanol–water partition coefficient (Wildman–Crippen LogP) is 1.58. The molecule has 0 unspecified atom stereocenters. The Morgan fingerprint density at radius 1 is 1.31 bits per heavy atom. The second-order valence-corrected chi connectivity index (χ2v) is 4.56. The SMILES string of the molecule is O=C1C[C@H]2C[C@@H](OCc3ccccc3)CN12. The van der Waals surface area contributed by atoms with Crippen LogP contribution in [0.4, 0.5) is 0 Å². The molecule has 16 heavy (non-hydrogen) atoms. The first-order chi connectivity index (χ1) is 7.83. The standard InChI is InChI=1S/C13H15NO2/c15-13-7-11-6-12(8-14(11)13)16-9-10-4-2-1-3-5-10/h1-5,11-12H,6-9H2/t11-,12-/m1/s1. The van der Waals surface area contributed by atoms with Crippen molar-refractivity contribution in [1.29, 1.82) is 0 Å². The summed E-state index contributed by atoms with van der Waals surface area (Å²) in [6, 6.07) is 10.6. The summed E-state index contributed by atoms with van der Waals surface area (Å²) >= 11 is 0. The van der Waals surface area contributed by atoms with E-state index in [0.29, 0.717) is 12.6 Å². The van der Waals surface area contributed by atoms with Gasteiger partial charge in [0, 0.05) is 19.0 Å². The Kier molecular flexibility index (Phi) is 2.40. The van der Waals surface area contributed by atoms with Crippen molar-refractivity contribution < 1.29 is 9.53 Å². The van der Waals surface area contributed by atoms with Gasteiger partial charge in [-0.2, -0.15) is 0 Å². The van der Waals surface area contributed by atoms with Crippen molar-refractivity contribution in [3.63, 3.8) is 0 Å². The number of amides is 1. The first kappa shape index (κ1) is 9.85. The number of ether oxygens (including phenoxy) is 1. The lowest BCUT2D eigenvalue weighted by Crippen LogP contribution is -2.48. The lowest BCUT2D eigenvalue weighted by atomic mass is 10.0. The van der Waals surface area contributed by atoms with Crippen molar-refractivity contribution in [3.05, 3.63) is 35.9 Å². The molecular formula is C13H15NO2. The minimum atomic E-state index is 0.233. The summed E-state index contributed by atoms with van der Waals surface area (Å²) in [7, 11) is 0. The predicted molar refractivity (Wildman–Crippen MR) is 59.8 cm³/mol. The van der Waals surface area contributed by atoms with Crippen LogP contribution in [0.3, 0.4) is 0 Å². The molecule has 1 amide bonds. The van der Waals surface area contributed by atoms with E-state index in [9.17, 15) is 4.79 Å². The van der Waals surface area contributed by atoms with Gasteiger partial charge in [0.25, 0.3) is 0 Å². The molecule has 0 bridgehead atoms. The van der Waals surface area contributed by atoms with Gasteiger partial charge in [0.2, 0.25) is 5.91 Å². The maximum absolute atomic E-state index is 11.2. The molecule has 2 aliphatic heterocycles. The topological polar surface area (TPSA) is 29.5 Å². The molecule has 1 aromatic rings. The summed E-state index contributed by atoms with van der Waals surface area (Å²) in [5.74, 6) is 0.288. The van der Waals surface area contributed by atoms with Crippen LogP contribution in [-0.4, -0.2) is 29.5 Å². The van der Waals surface area contributed by atoms with E-state index in [4.69, 9.17) is 4.74 Å².